The highest BCUT2D eigenvalue weighted by Gasteiger charge is 2.35. The monoisotopic (exact) mass is 646 g/mol. The number of carbonyl (C=O) groups excluding carboxylic acids is 1. The summed E-state index contributed by atoms with van der Waals surface area (Å²) in [6, 6.07) is 16.5. The predicted molar refractivity (Wildman–Crippen MR) is 181 cm³/mol. The lowest BCUT2D eigenvalue weighted by Crippen LogP contribution is -2.36. The van der Waals surface area contributed by atoms with Crippen LogP contribution in [0.25, 0.3) is 44.4 Å². The van der Waals surface area contributed by atoms with E-state index in [2.05, 4.69) is 68.5 Å². The first-order valence-corrected chi connectivity index (χ1v) is 16.6. The molecule has 48 heavy (non-hydrogen) atoms. The summed E-state index contributed by atoms with van der Waals surface area (Å²) in [6.45, 7) is 7.27. The number of fused-ring (bicyclic) bond motifs is 5. The van der Waals surface area contributed by atoms with E-state index in [1.54, 1.807) is 11.1 Å². The zero-order valence-electron chi connectivity index (χ0n) is 27.2. The number of ether oxygens (including phenoxy) is 2. The van der Waals surface area contributed by atoms with Crippen molar-refractivity contribution in [3.05, 3.63) is 78.1 Å². The van der Waals surface area contributed by atoms with Gasteiger partial charge in [0.05, 0.1) is 35.9 Å². The second kappa shape index (κ2) is 11.4. The van der Waals surface area contributed by atoms with Gasteiger partial charge in [-0.3, -0.25) is 9.80 Å². The first-order valence-electron chi connectivity index (χ1n) is 16.6. The molecule has 5 heterocycles. The minimum absolute atomic E-state index is 0.139. The van der Waals surface area contributed by atoms with Crippen LogP contribution in [0.4, 0.5) is 9.59 Å². The summed E-state index contributed by atoms with van der Waals surface area (Å²) < 4.78 is 12.1. The van der Waals surface area contributed by atoms with Gasteiger partial charge in [0, 0.05) is 29.6 Å². The van der Waals surface area contributed by atoms with E-state index in [0.29, 0.717) is 25.5 Å². The molecule has 2 aromatic heterocycles. The van der Waals surface area contributed by atoms with Crippen LogP contribution in [0.15, 0.2) is 60.9 Å². The minimum Gasteiger partial charge on any atom is -0.488 e. The fraction of sp³-hybridized carbons (Fsp3) is 0.351. The van der Waals surface area contributed by atoms with Crippen LogP contribution in [0.3, 0.4) is 0 Å². The fourth-order valence-electron chi connectivity index (χ4n) is 7.31. The van der Waals surface area contributed by atoms with Crippen molar-refractivity contribution < 1.29 is 24.2 Å². The van der Waals surface area contributed by atoms with Gasteiger partial charge >= 0.3 is 12.2 Å². The van der Waals surface area contributed by atoms with Crippen molar-refractivity contribution in [3.63, 3.8) is 0 Å². The van der Waals surface area contributed by atoms with Crippen molar-refractivity contribution in [1.29, 1.82) is 0 Å². The molecule has 3 N–H and O–H groups in total. The van der Waals surface area contributed by atoms with Gasteiger partial charge in [-0.25, -0.2) is 19.6 Å². The van der Waals surface area contributed by atoms with Crippen LogP contribution in [-0.4, -0.2) is 65.7 Å². The van der Waals surface area contributed by atoms with E-state index < -0.39 is 11.7 Å². The third-order valence-electron chi connectivity index (χ3n) is 9.56. The lowest BCUT2D eigenvalue weighted by atomic mass is 9.92. The molecule has 2 saturated heterocycles. The van der Waals surface area contributed by atoms with E-state index in [0.717, 1.165) is 87.2 Å². The van der Waals surface area contributed by atoms with Gasteiger partial charge in [-0.15, -0.1) is 0 Å². The van der Waals surface area contributed by atoms with Gasteiger partial charge < -0.3 is 24.5 Å². The number of amides is 2. The summed E-state index contributed by atoms with van der Waals surface area (Å²) >= 11 is 0. The number of H-pyrrole nitrogens is 2. The van der Waals surface area contributed by atoms with Gasteiger partial charge in [0.15, 0.2) is 0 Å². The van der Waals surface area contributed by atoms with Gasteiger partial charge in [0.2, 0.25) is 0 Å². The number of carboxylic acid groups (broad SMARTS) is 1. The van der Waals surface area contributed by atoms with Gasteiger partial charge in [-0.05, 0) is 86.7 Å². The lowest BCUT2D eigenvalue weighted by molar-refractivity contribution is 0.0218. The number of imidazole rings is 2. The maximum absolute atomic E-state index is 12.8. The number of hydrogen-bond donors (Lipinski definition) is 3. The molecule has 246 valence electrons. The second-order valence-corrected chi connectivity index (χ2v) is 13.9. The van der Waals surface area contributed by atoms with Crippen LogP contribution in [0, 0.1) is 0 Å². The summed E-state index contributed by atoms with van der Waals surface area (Å²) in [6.07, 6.45) is 5.75. The van der Waals surface area contributed by atoms with E-state index >= 15 is 0 Å². The van der Waals surface area contributed by atoms with Gasteiger partial charge in [-0.2, -0.15) is 0 Å². The van der Waals surface area contributed by atoms with E-state index in [9.17, 15) is 14.7 Å². The molecular weight excluding hydrogens is 608 g/mol. The Bertz CT molecular complexity index is 2060. The van der Waals surface area contributed by atoms with Crippen LogP contribution in [0.1, 0.15) is 75.8 Å². The van der Waals surface area contributed by atoms with Crippen LogP contribution in [0.2, 0.25) is 0 Å². The number of carbonyl (C=O) groups is 2. The standard InChI is InChI=1S/C37H38N6O5/c1-37(2,3)48-36(46)43-15-5-7-31(43)34-39-19-29(41-34)23-9-11-25-24(17-23)20-47-32-26-12-10-22(16-21(26)8-13-27(25)32)28-18-38-33(40-28)30-6-4-14-42(30)35(44)45/h8-13,16-19,30-31H,4-7,14-15,20H2,1-3H3,(H,38,40)(H,39,41)(H,44,45)/t30?,31-/m0/s1. The van der Waals surface area contributed by atoms with E-state index in [1.807, 2.05) is 27.0 Å². The Morgan fingerprint density at radius 3 is 2.17 bits per heavy atom. The number of rotatable bonds is 4. The van der Waals surface area contributed by atoms with E-state index in [4.69, 9.17) is 9.47 Å². The highest BCUT2D eigenvalue weighted by molar-refractivity contribution is 5.98. The van der Waals surface area contributed by atoms with Crippen LogP contribution < -0.4 is 4.74 Å². The maximum atomic E-state index is 12.8. The Labute approximate surface area is 277 Å². The molecular formula is C37H38N6O5. The minimum atomic E-state index is -0.910. The van der Waals surface area contributed by atoms with Crippen molar-refractivity contribution in [2.24, 2.45) is 0 Å². The molecule has 3 aliphatic heterocycles. The van der Waals surface area contributed by atoms with Crippen LogP contribution >= 0.6 is 0 Å². The number of nitrogens with one attached hydrogen (secondary N) is 2. The molecule has 3 aromatic carbocycles. The second-order valence-electron chi connectivity index (χ2n) is 13.9. The quantitative estimate of drug-likeness (QED) is 0.180. The smallest absolute Gasteiger partial charge is 0.410 e. The molecule has 0 saturated carbocycles. The van der Waals surface area contributed by atoms with Crippen molar-refractivity contribution >= 4 is 23.0 Å². The van der Waals surface area contributed by atoms with Gasteiger partial charge in [-0.1, -0.05) is 30.3 Å². The maximum Gasteiger partial charge on any atom is 0.410 e. The molecule has 0 bridgehead atoms. The number of aromatic nitrogens is 4. The average Bonchev–Trinajstić information content (AvgIpc) is 3.88. The topological polar surface area (TPSA) is 137 Å². The molecule has 0 aliphatic carbocycles. The summed E-state index contributed by atoms with van der Waals surface area (Å²) in [5, 5.41) is 11.6. The predicted octanol–water partition coefficient (Wildman–Crippen LogP) is 8.07. The average molecular weight is 647 g/mol. The normalized spacial score (nSPS) is 18.9. The highest BCUT2D eigenvalue weighted by atomic mass is 16.6. The first-order chi connectivity index (χ1) is 23.1. The number of hydrogen-bond acceptors (Lipinski definition) is 6. The Hall–Kier alpha value is -5.32. The highest BCUT2D eigenvalue weighted by Crippen LogP contribution is 2.44. The third kappa shape index (κ3) is 5.32. The molecule has 0 spiro atoms. The van der Waals surface area contributed by atoms with Crippen LogP contribution in [0.5, 0.6) is 5.75 Å². The molecule has 0 radical (unpaired) electrons. The molecule has 2 amide bonds. The van der Waals surface area contributed by atoms with Gasteiger partial charge in [0.25, 0.3) is 0 Å². The lowest BCUT2D eigenvalue weighted by Gasteiger charge is -2.27. The number of aromatic amines is 2. The molecule has 2 fully saturated rings. The number of likely N-dealkylation sites (tertiary alicyclic amines) is 2. The Balaban J connectivity index is 1.03. The van der Waals surface area contributed by atoms with Gasteiger partial charge in [0.1, 0.15) is 29.6 Å². The summed E-state index contributed by atoms with van der Waals surface area (Å²) in [4.78, 5) is 43.8. The summed E-state index contributed by atoms with van der Waals surface area (Å²) in [7, 11) is 0. The molecule has 11 nitrogen and oxygen atoms in total. The van der Waals surface area contributed by atoms with Crippen LogP contribution in [-0.2, 0) is 11.3 Å². The van der Waals surface area contributed by atoms with Crippen molar-refractivity contribution in [1.82, 2.24) is 29.7 Å². The molecule has 11 heteroatoms. The third-order valence-corrected chi connectivity index (χ3v) is 9.56. The molecule has 3 aliphatic rings. The zero-order chi connectivity index (χ0) is 33.2. The number of benzene rings is 3. The zero-order valence-corrected chi connectivity index (χ0v) is 27.2. The Morgan fingerprint density at radius 1 is 0.854 bits per heavy atom. The molecule has 1 unspecified atom stereocenters. The molecule has 8 rings (SSSR count). The Morgan fingerprint density at radius 2 is 1.48 bits per heavy atom. The largest absolute Gasteiger partial charge is 0.488 e. The molecule has 2 atom stereocenters. The summed E-state index contributed by atoms with van der Waals surface area (Å²) in [5.74, 6) is 2.31. The van der Waals surface area contributed by atoms with E-state index in [-0.39, 0.29) is 18.2 Å². The SMILES string of the molecule is CC(C)(C)OC(=O)N1CCC[C@H]1c1ncc(-c2ccc3c(c2)COc2c-3ccc3cc(-c4cnc(C5CCCN5C(=O)O)[nH]4)ccc23)[nH]1. The van der Waals surface area contributed by atoms with E-state index in [1.165, 1.54) is 4.90 Å². The van der Waals surface area contributed by atoms with Crippen molar-refractivity contribution in [2.45, 2.75) is 70.7 Å². The first kappa shape index (κ1) is 30.0. The Kier molecular flexibility index (Phi) is 7.15. The van der Waals surface area contributed by atoms with Crippen molar-refractivity contribution in [3.8, 4) is 39.4 Å². The van der Waals surface area contributed by atoms with Crippen molar-refractivity contribution in [2.75, 3.05) is 13.1 Å². The number of nitrogens with zero attached hydrogens (tertiary/aromatic N) is 4. The fourth-order valence-corrected chi connectivity index (χ4v) is 7.31. The summed E-state index contributed by atoms with van der Waals surface area (Å²) in [5.41, 5.74) is 6.46. The molecule has 5 aromatic rings.